The highest BCUT2D eigenvalue weighted by atomic mass is 19.1. The third kappa shape index (κ3) is 4.78. The van der Waals surface area contributed by atoms with Gasteiger partial charge in [0.25, 0.3) is 0 Å². The number of piperidine rings is 1. The maximum absolute atomic E-state index is 16.3. The number of halogens is 2. The summed E-state index contributed by atoms with van der Waals surface area (Å²) in [7, 11) is 3.80. The Labute approximate surface area is 218 Å². The van der Waals surface area contributed by atoms with Crippen LogP contribution in [-0.2, 0) is 0 Å². The molecule has 2 aromatic heterocycles. The van der Waals surface area contributed by atoms with Crippen LogP contribution in [0.5, 0.6) is 11.8 Å². The molecule has 0 radical (unpaired) electrons. The van der Waals surface area contributed by atoms with Crippen LogP contribution < -0.4 is 9.64 Å². The number of fused-ring (bicyclic) bond motifs is 2. The Morgan fingerprint density at radius 1 is 1.24 bits per heavy atom. The number of aliphatic hydroxyl groups is 1. The van der Waals surface area contributed by atoms with Crippen molar-refractivity contribution in [1.29, 1.82) is 0 Å². The van der Waals surface area contributed by atoms with Gasteiger partial charge in [0.2, 0.25) is 0 Å². The lowest BCUT2D eigenvalue weighted by Gasteiger charge is -2.31. The van der Waals surface area contributed by atoms with Gasteiger partial charge in [-0.15, -0.1) is 6.42 Å². The fraction of sp³-hybridized carbons (Fsp3) is 0.321. The van der Waals surface area contributed by atoms with Crippen molar-refractivity contribution in [2.45, 2.75) is 18.9 Å². The van der Waals surface area contributed by atoms with Gasteiger partial charge in [-0.05, 0) is 50.5 Å². The monoisotopic (exact) mass is 519 g/mol. The first kappa shape index (κ1) is 25.6. The number of phenolic OH excluding ortho intramolecular Hbond substituents is 1. The SMILES string of the molecule is C#Cc1c(F)ccc2cc(O)cc(-c3ncc4c(N5CCCC(O)C5)nc(OCCN(C)C)nc4c3F)c12. The average molecular weight is 520 g/mol. The molecule has 8 nitrogen and oxygen atoms in total. The number of phenols is 1. The third-order valence-electron chi connectivity index (χ3n) is 6.56. The molecular formula is C28H27F2N5O3. The number of β-amino-alcohol motifs (C(OH)–C–C–N with tert-alkyl or cyclic N) is 1. The first-order valence-electron chi connectivity index (χ1n) is 12.3. The molecule has 0 aliphatic carbocycles. The molecule has 2 N–H and O–H groups in total. The lowest BCUT2D eigenvalue weighted by molar-refractivity contribution is 0.154. The van der Waals surface area contributed by atoms with E-state index in [-0.39, 0.29) is 46.1 Å². The molecule has 3 heterocycles. The molecule has 1 saturated heterocycles. The van der Waals surface area contributed by atoms with Crippen LogP contribution in [0, 0.1) is 24.0 Å². The van der Waals surface area contributed by atoms with E-state index in [9.17, 15) is 14.6 Å². The maximum Gasteiger partial charge on any atom is 0.319 e. The Morgan fingerprint density at radius 2 is 2.05 bits per heavy atom. The minimum Gasteiger partial charge on any atom is -0.508 e. The van der Waals surface area contributed by atoms with Crippen LogP contribution in [0.3, 0.4) is 0 Å². The second kappa shape index (κ2) is 10.4. The fourth-order valence-corrected chi connectivity index (χ4v) is 4.73. The van der Waals surface area contributed by atoms with E-state index in [0.717, 1.165) is 6.42 Å². The fourth-order valence-electron chi connectivity index (χ4n) is 4.73. The smallest absolute Gasteiger partial charge is 0.319 e. The number of benzene rings is 2. The number of likely N-dealkylation sites (N-methyl/N-ethyl adjacent to an activating group) is 1. The Morgan fingerprint density at radius 3 is 2.79 bits per heavy atom. The summed E-state index contributed by atoms with van der Waals surface area (Å²) in [5, 5.41) is 21.6. The molecule has 38 heavy (non-hydrogen) atoms. The Hall–Kier alpha value is -4.07. The van der Waals surface area contributed by atoms with E-state index >= 15 is 4.39 Å². The number of hydrogen-bond donors (Lipinski definition) is 2. The topological polar surface area (TPSA) is 94.8 Å². The number of aromatic hydroxyl groups is 1. The van der Waals surface area contributed by atoms with Crippen molar-refractivity contribution >= 4 is 27.5 Å². The summed E-state index contributed by atoms with van der Waals surface area (Å²) in [4.78, 5) is 17.1. The summed E-state index contributed by atoms with van der Waals surface area (Å²) in [6.07, 6.45) is 7.91. The maximum atomic E-state index is 16.3. The first-order chi connectivity index (χ1) is 18.3. The molecule has 5 rings (SSSR count). The van der Waals surface area contributed by atoms with Gasteiger partial charge in [0.1, 0.15) is 35.2 Å². The lowest BCUT2D eigenvalue weighted by atomic mass is 9.96. The summed E-state index contributed by atoms with van der Waals surface area (Å²) in [5.41, 5.74) is -0.120. The Bertz CT molecular complexity index is 1570. The van der Waals surface area contributed by atoms with Crippen LogP contribution in [0.15, 0.2) is 30.5 Å². The molecule has 10 heteroatoms. The molecule has 0 spiro atoms. The Kier molecular flexibility index (Phi) is 6.97. The highest BCUT2D eigenvalue weighted by molar-refractivity contribution is 6.03. The second-order valence-electron chi connectivity index (χ2n) is 9.56. The first-order valence-corrected chi connectivity index (χ1v) is 12.3. The van der Waals surface area contributed by atoms with Crippen LogP contribution in [0.4, 0.5) is 14.6 Å². The summed E-state index contributed by atoms with van der Waals surface area (Å²) in [6.45, 7) is 1.82. The van der Waals surface area contributed by atoms with Crippen molar-refractivity contribution in [3.8, 4) is 35.4 Å². The van der Waals surface area contributed by atoms with E-state index in [1.165, 1.54) is 30.5 Å². The number of aliphatic hydroxyl groups excluding tert-OH is 1. The van der Waals surface area contributed by atoms with E-state index in [1.54, 1.807) is 0 Å². The number of pyridine rings is 1. The zero-order valence-electron chi connectivity index (χ0n) is 21.1. The molecule has 196 valence electrons. The number of anilines is 1. The molecule has 1 atom stereocenters. The van der Waals surface area contributed by atoms with Gasteiger partial charge < -0.3 is 24.7 Å². The van der Waals surface area contributed by atoms with Crippen LogP contribution in [-0.4, -0.2) is 76.5 Å². The molecule has 1 fully saturated rings. The van der Waals surface area contributed by atoms with Gasteiger partial charge in [0, 0.05) is 36.8 Å². The van der Waals surface area contributed by atoms with E-state index in [4.69, 9.17) is 11.2 Å². The molecule has 2 aromatic carbocycles. The summed E-state index contributed by atoms with van der Waals surface area (Å²) < 4.78 is 36.7. The van der Waals surface area contributed by atoms with Crippen molar-refractivity contribution in [3.05, 3.63) is 47.7 Å². The molecule has 0 saturated carbocycles. The van der Waals surface area contributed by atoms with Gasteiger partial charge in [0.05, 0.1) is 17.1 Å². The molecule has 0 bridgehead atoms. The number of aromatic nitrogens is 3. The number of terminal acetylenes is 1. The number of nitrogens with zero attached hydrogens (tertiary/aromatic N) is 5. The van der Waals surface area contributed by atoms with E-state index in [0.29, 0.717) is 42.6 Å². The summed E-state index contributed by atoms with van der Waals surface area (Å²) >= 11 is 0. The zero-order chi connectivity index (χ0) is 27.0. The molecule has 0 amide bonds. The number of rotatable bonds is 6. The second-order valence-corrected chi connectivity index (χ2v) is 9.56. The highest BCUT2D eigenvalue weighted by Gasteiger charge is 2.26. The zero-order valence-corrected chi connectivity index (χ0v) is 21.1. The molecule has 1 aliphatic rings. The van der Waals surface area contributed by atoms with Crippen LogP contribution in [0.25, 0.3) is 32.9 Å². The summed E-state index contributed by atoms with van der Waals surface area (Å²) in [5.74, 6) is 1.16. The minimum absolute atomic E-state index is 0.0124. The summed E-state index contributed by atoms with van der Waals surface area (Å²) in [6, 6.07) is 5.39. The van der Waals surface area contributed by atoms with E-state index in [2.05, 4.69) is 20.9 Å². The van der Waals surface area contributed by atoms with Gasteiger partial charge in [0.15, 0.2) is 5.82 Å². The van der Waals surface area contributed by atoms with Crippen LogP contribution in [0.1, 0.15) is 18.4 Å². The van der Waals surface area contributed by atoms with Crippen molar-refractivity contribution in [1.82, 2.24) is 19.9 Å². The molecule has 1 aliphatic heterocycles. The average Bonchev–Trinajstić information content (AvgIpc) is 2.88. The predicted molar refractivity (Wildman–Crippen MR) is 141 cm³/mol. The molecule has 4 aromatic rings. The normalized spacial score (nSPS) is 15.8. The standard InChI is InChI=1S/C28H27F2N5O3/c1-4-19-22(29)8-7-16-12-18(37)13-20(23(16)19)25-24(30)26-21(14-31-25)27(35-9-5-6-17(36)15-35)33-28(32-26)38-11-10-34(2)3/h1,7-8,12-14,17,36-37H,5-6,9-11,15H2,2-3H3. The van der Waals surface area contributed by atoms with Crippen molar-refractivity contribution in [2.24, 2.45) is 0 Å². The minimum atomic E-state index is -0.791. The quantitative estimate of drug-likeness (QED) is 0.373. The predicted octanol–water partition coefficient (Wildman–Crippen LogP) is 3.71. The number of hydrogen-bond acceptors (Lipinski definition) is 8. The van der Waals surface area contributed by atoms with E-state index in [1.807, 2.05) is 23.9 Å². The van der Waals surface area contributed by atoms with Gasteiger partial charge in [-0.25, -0.2) is 8.78 Å². The lowest BCUT2D eigenvalue weighted by Crippen LogP contribution is -2.39. The Balaban J connectivity index is 1.73. The van der Waals surface area contributed by atoms with Crippen LogP contribution >= 0.6 is 0 Å². The van der Waals surface area contributed by atoms with E-state index < -0.39 is 17.7 Å². The molecular weight excluding hydrogens is 492 g/mol. The van der Waals surface area contributed by atoms with Crippen molar-refractivity contribution in [3.63, 3.8) is 0 Å². The molecule has 1 unspecified atom stereocenters. The number of ether oxygens (including phenoxy) is 1. The highest BCUT2D eigenvalue weighted by Crippen LogP contribution is 2.38. The van der Waals surface area contributed by atoms with Gasteiger partial charge >= 0.3 is 6.01 Å². The van der Waals surface area contributed by atoms with Gasteiger partial charge in [-0.3, -0.25) is 4.98 Å². The van der Waals surface area contributed by atoms with Crippen molar-refractivity contribution < 1.29 is 23.7 Å². The van der Waals surface area contributed by atoms with Gasteiger partial charge in [-0.1, -0.05) is 12.0 Å². The van der Waals surface area contributed by atoms with Gasteiger partial charge in [-0.2, -0.15) is 9.97 Å². The largest absolute Gasteiger partial charge is 0.508 e. The third-order valence-corrected chi connectivity index (χ3v) is 6.56. The van der Waals surface area contributed by atoms with Crippen LogP contribution in [0.2, 0.25) is 0 Å². The van der Waals surface area contributed by atoms with Crippen molar-refractivity contribution in [2.75, 3.05) is 45.2 Å².